The van der Waals surface area contributed by atoms with Gasteiger partial charge in [-0.25, -0.2) is 0 Å². The van der Waals surface area contributed by atoms with Gasteiger partial charge in [-0.3, -0.25) is 4.79 Å². The highest BCUT2D eigenvalue weighted by Gasteiger charge is 2.17. The predicted octanol–water partition coefficient (Wildman–Crippen LogP) is -1.59. The van der Waals surface area contributed by atoms with E-state index in [9.17, 15) is 4.79 Å². The van der Waals surface area contributed by atoms with Gasteiger partial charge in [-0.15, -0.1) is 0 Å². The van der Waals surface area contributed by atoms with Crippen molar-refractivity contribution in [2.45, 2.75) is 6.10 Å². The minimum absolute atomic E-state index is 0.0385. The van der Waals surface area contributed by atoms with Crippen LogP contribution in [0.25, 0.3) is 0 Å². The van der Waals surface area contributed by atoms with E-state index in [0.717, 1.165) is 0 Å². The molecule has 1 aliphatic rings. The molecule has 0 aromatic heterocycles. The van der Waals surface area contributed by atoms with Crippen LogP contribution in [0.3, 0.4) is 0 Å². The molecule has 1 atom stereocenters. The van der Waals surface area contributed by atoms with E-state index < -0.39 is 6.10 Å². The smallest absolute Gasteiger partial charge is 0.236 e. The molecule has 0 spiro atoms. The molecule has 0 aromatic rings. The Kier molecular flexibility index (Phi) is 2.24. The molecule has 1 rings (SSSR count). The van der Waals surface area contributed by atoms with E-state index in [4.69, 9.17) is 5.11 Å². The Morgan fingerprint density at radius 2 is 2.50 bits per heavy atom. The van der Waals surface area contributed by atoms with Gasteiger partial charge in [-0.05, 0) is 0 Å². The minimum atomic E-state index is -0.420. The van der Waals surface area contributed by atoms with Gasteiger partial charge in [0.25, 0.3) is 0 Å². The SMILES string of the molecule is CN1CC(O)CNCC1=O. The third-order valence-electron chi connectivity index (χ3n) is 1.57. The zero-order valence-corrected chi connectivity index (χ0v) is 6.00. The minimum Gasteiger partial charge on any atom is -0.390 e. The average molecular weight is 144 g/mol. The van der Waals surface area contributed by atoms with E-state index in [1.165, 1.54) is 4.90 Å². The standard InChI is InChI=1S/C6H12N2O2/c1-8-4-5(9)2-7-3-6(8)10/h5,7,9H,2-4H2,1H3. The first-order valence-corrected chi connectivity index (χ1v) is 3.33. The van der Waals surface area contributed by atoms with Crippen molar-refractivity contribution < 1.29 is 9.90 Å². The van der Waals surface area contributed by atoms with E-state index >= 15 is 0 Å². The summed E-state index contributed by atoms with van der Waals surface area (Å²) in [5, 5.41) is 12.0. The molecule has 10 heavy (non-hydrogen) atoms. The molecule has 1 fully saturated rings. The number of β-amino-alcohol motifs (C(OH)–C–C–N with tert-alkyl or cyclic N) is 1. The van der Waals surface area contributed by atoms with Gasteiger partial charge in [0.05, 0.1) is 12.6 Å². The molecule has 1 aliphatic heterocycles. The number of nitrogens with one attached hydrogen (secondary N) is 1. The lowest BCUT2D eigenvalue weighted by Gasteiger charge is -2.14. The van der Waals surface area contributed by atoms with Gasteiger partial charge in [0.2, 0.25) is 5.91 Å². The molecule has 1 heterocycles. The highest BCUT2D eigenvalue weighted by Crippen LogP contribution is 1.92. The summed E-state index contributed by atoms with van der Waals surface area (Å²) in [6.45, 7) is 1.29. The van der Waals surface area contributed by atoms with Gasteiger partial charge >= 0.3 is 0 Å². The molecular formula is C6H12N2O2. The van der Waals surface area contributed by atoms with Crippen molar-refractivity contribution in [3.05, 3.63) is 0 Å². The lowest BCUT2D eigenvalue weighted by Crippen LogP contribution is -2.33. The van der Waals surface area contributed by atoms with Crippen LogP contribution in [0.2, 0.25) is 0 Å². The number of amides is 1. The van der Waals surface area contributed by atoms with Gasteiger partial charge in [0.1, 0.15) is 0 Å². The fourth-order valence-corrected chi connectivity index (χ4v) is 0.963. The number of aliphatic hydroxyl groups excluding tert-OH is 1. The van der Waals surface area contributed by atoms with Crippen molar-refractivity contribution >= 4 is 5.91 Å². The maximum Gasteiger partial charge on any atom is 0.236 e. The van der Waals surface area contributed by atoms with Crippen LogP contribution >= 0.6 is 0 Å². The van der Waals surface area contributed by atoms with Crippen molar-refractivity contribution in [3.8, 4) is 0 Å². The van der Waals surface area contributed by atoms with E-state index in [1.54, 1.807) is 7.05 Å². The highest BCUT2D eigenvalue weighted by atomic mass is 16.3. The van der Waals surface area contributed by atoms with Gasteiger partial charge in [-0.1, -0.05) is 0 Å². The van der Waals surface area contributed by atoms with Crippen LogP contribution in [0.1, 0.15) is 0 Å². The third-order valence-corrected chi connectivity index (χ3v) is 1.57. The van der Waals surface area contributed by atoms with E-state index in [-0.39, 0.29) is 5.91 Å². The topological polar surface area (TPSA) is 52.6 Å². The zero-order valence-electron chi connectivity index (χ0n) is 6.00. The maximum atomic E-state index is 10.9. The Morgan fingerprint density at radius 1 is 1.80 bits per heavy atom. The second kappa shape index (κ2) is 2.98. The summed E-state index contributed by atoms with van der Waals surface area (Å²) in [5.74, 6) is 0.0385. The second-order valence-corrected chi connectivity index (χ2v) is 2.56. The normalized spacial score (nSPS) is 28.4. The fourth-order valence-electron chi connectivity index (χ4n) is 0.963. The Bertz CT molecular complexity index is 138. The van der Waals surface area contributed by atoms with Crippen molar-refractivity contribution in [3.63, 3.8) is 0 Å². The molecule has 0 saturated carbocycles. The molecule has 0 aromatic carbocycles. The Morgan fingerprint density at radius 3 is 3.20 bits per heavy atom. The fraction of sp³-hybridized carbons (Fsp3) is 0.833. The van der Waals surface area contributed by atoms with Crippen LogP contribution in [0, 0.1) is 0 Å². The summed E-state index contributed by atoms with van der Waals surface area (Å²) in [7, 11) is 1.69. The maximum absolute atomic E-state index is 10.9. The van der Waals surface area contributed by atoms with Crippen molar-refractivity contribution in [2.75, 3.05) is 26.7 Å². The summed E-state index contributed by atoms with van der Waals surface area (Å²) in [4.78, 5) is 12.4. The largest absolute Gasteiger partial charge is 0.390 e. The molecule has 58 valence electrons. The van der Waals surface area contributed by atoms with Gasteiger partial charge in [0.15, 0.2) is 0 Å². The third kappa shape index (κ3) is 1.68. The molecule has 1 amide bonds. The van der Waals surface area contributed by atoms with E-state index in [2.05, 4.69) is 5.32 Å². The van der Waals surface area contributed by atoms with Crippen LogP contribution in [0.15, 0.2) is 0 Å². The first-order chi connectivity index (χ1) is 4.70. The van der Waals surface area contributed by atoms with Gasteiger partial charge < -0.3 is 15.3 Å². The monoisotopic (exact) mass is 144 g/mol. The number of nitrogens with zero attached hydrogens (tertiary/aromatic N) is 1. The summed E-state index contributed by atoms with van der Waals surface area (Å²) in [6, 6.07) is 0. The molecule has 4 nitrogen and oxygen atoms in total. The van der Waals surface area contributed by atoms with Crippen LogP contribution in [0.5, 0.6) is 0 Å². The zero-order chi connectivity index (χ0) is 7.56. The number of hydrogen-bond acceptors (Lipinski definition) is 3. The summed E-state index contributed by atoms with van der Waals surface area (Å²) >= 11 is 0. The number of carbonyl (C=O) groups is 1. The van der Waals surface area contributed by atoms with Crippen LogP contribution in [-0.4, -0.2) is 48.7 Å². The number of likely N-dealkylation sites (N-methyl/N-ethyl adjacent to an activating group) is 1. The van der Waals surface area contributed by atoms with Crippen molar-refractivity contribution in [1.29, 1.82) is 0 Å². The first kappa shape index (κ1) is 7.50. The number of rotatable bonds is 0. The second-order valence-electron chi connectivity index (χ2n) is 2.56. The number of hydrogen-bond donors (Lipinski definition) is 2. The average Bonchev–Trinajstić information content (AvgIpc) is 1.96. The molecule has 1 saturated heterocycles. The molecule has 2 N–H and O–H groups in total. The van der Waals surface area contributed by atoms with Gasteiger partial charge in [-0.2, -0.15) is 0 Å². The van der Waals surface area contributed by atoms with Crippen molar-refractivity contribution in [2.24, 2.45) is 0 Å². The lowest BCUT2D eigenvalue weighted by atomic mass is 10.3. The number of aliphatic hydroxyl groups is 1. The molecule has 0 bridgehead atoms. The van der Waals surface area contributed by atoms with E-state index in [1.807, 2.05) is 0 Å². The number of carbonyl (C=O) groups excluding carboxylic acids is 1. The Balaban J connectivity index is 2.49. The lowest BCUT2D eigenvalue weighted by molar-refractivity contribution is -0.128. The Labute approximate surface area is 59.8 Å². The Hall–Kier alpha value is -0.610. The molecule has 4 heteroatoms. The quantitative estimate of drug-likeness (QED) is 0.431. The molecule has 0 radical (unpaired) electrons. The summed E-state index contributed by atoms with van der Waals surface area (Å²) in [5.41, 5.74) is 0. The molecule has 1 unspecified atom stereocenters. The predicted molar refractivity (Wildman–Crippen MR) is 36.5 cm³/mol. The first-order valence-electron chi connectivity index (χ1n) is 3.33. The van der Waals surface area contributed by atoms with E-state index in [0.29, 0.717) is 19.6 Å². The van der Waals surface area contributed by atoms with Crippen LogP contribution in [0.4, 0.5) is 0 Å². The van der Waals surface area contributed by atoms with Gasteiger partial charge in [0, 0.05) is 20.1 Å². The van der Waals surface area contributed by atoms with Crippen molar-refractivity contribution in [1.82, 2.24) is 10.2 Å². The summed E-state index contributed by atoms with van der Waals surface area (Å²) in [6.07, 6.45) is -0.420. The van der Waals surface area contributed by atoms with Crippen LogP contribution in [-0.2, 0) is 4.79 Å². The van der Waals surface area contributed by atoms with Crippen LogP contribution < -0.4 is 5.32 Å². The molecular weight excluding hydrogens is 132 g/mol. The molecule has 0 aliphatic carbocycles. The summed E-state index contributed by atoms with van der Waals surface area (Å²) < 4.78 is 0. The highest BCUT2D eigenvalue weighted by molar-refractivity contribution is 5.78.